The Kier molecular flexibility index (Phi) is 6.55. The first-order chi connectivity index (χ1) is 10.2. The van der Waals surface area contributed by atoms with E-state index in [1.807, 2.05) is 0 Å². The molecule has 0 saturated heterocycles. The molecule has 5 N–H and O–H groups in total. The minimum Gasteiger partial charge on any atom is -0.338 e. The Morgan fingerprint density at radius 1 is 1.50 bits per heavy atom. The molecule has 1 aromatic rings. The van der Waals surface area contributed by atoms with Gasteiger partial charge in [0.1, 0.15) is 0 Å². The number of hydrogen-bond donors (Lipinski definition) is 4. The number of aromatic nitrogens is 2. The third-order valence-corrected chi connectivity index (χ3v) is 3.48. The van der Waals surface area contributed by atoms with E-state index in [-0.39, 0.29) is 23.0 Å². The zero-order valence-corrected chi connectivity index (χ0v) is 13.8. The lowest BCUT2D eigenvalue weighted by Crippen LogP contribution is -2.32. The molecular weight excluding hydrogens is 282 g/mol. The van der Waals surface area contributed by atoms with E-state index in [0.29, 0.717) is 24.7 Å². The number of hydrogen-bond acceptors (Lipinski definition) is 4. The van der Waals surface area contributed by atoms with Crippen LogP contribution in [0.5, 0.6) is 0 Å². The molecule has 0 aromatic carbocycles. The average molecular weight is 309 g/mol. The molecule has 0 bridgehead atoms. The average Bonchev–Trinajstić information content (AvgIpc) is 2.36. The largest absolute Gasteiger partial charge is 0.338 e. The van der Waals surface area contributed by atoms with Gasteiger partial charge in [-0.25, -0.2) is 9.78 Å². The van der Waals surface area contributed by atoms with E-state index < -0.39 is 0 Å². The Labute approximate surface area is 131 Å². The quantitative estimate of drug-likeness (QED) is 0.612. The first-order valence-corrected chi connectivity index (χ1v) is 7.55. The zero-order valence-electron chi connectivity index (χ0n) is 13.8. The Bertz CT molecular complexity index is 553. The predicted molar refractivity (Wildman–Crippen MR) is 87.8 cm³/mol. The maximum absolute atomic E-state index is 11.8. The van der Waals surface area contributed by atoms with Gasteiger partial charge in [-0.15, -0.1) is 0 Å². The van der Waals surface area contributed by atoms with Crippen molar-refractivity contribution in [2.45, 2.75) is 40.5 Å². The van der Waals surface area contributed by atoms with Crippen LogP contribution in [-0.4, -0.2) is 29.1 Å². The first kappa shape index (κ1) is 18.2. The number of carbonyl (C=O) groups is 1. The highest BCUT2D eigenvalue weighted by Crippen LogP contribution is 2.25. The smallest absolute Gasteiger partial charge is 0.321 e. The molecular formula is C15H27N5O2. The summed E-state index contributed by atoms with van der Waals surface area (Å²) in [6.45, 7) is 9.34. The molecule has 22 heavy (non-hydrogen) atoms. The van der Waals surface area contributed by atoms with Gasteiger partial charge >= 0.3 is 6.03 Å². The summed E-state index contributed by atoms with van der Waals surface area (Å²) in [6.07, 6.45) is 1.88. The van der Waals surface area contributed by atoms with Crippen molar-refractivity contribution < 1.29 is 4.79 Å². The molecule has 2 amide bonds. The summed E-state index contributed by atoms with van der Waals surface area (Å²) in [6, 6.07) is 0.989. The van der Waals surface area contributed by atoms with Crippen LogP contribution in [0.15, 0.2) is 10.9 Å². The fourth-order valence-corrected chi connectivity index (χ4v) is 2.35. The van der Waals surface area contributed by atoms with Crippen molar-refractivity contribution >= 4 is 12.0 Å². The van der Waals surface area contributed by atoms with Gasteiger partial charge in [0.15, 0.2) is 0 Å². The van der Waals surface area contributed by atoms with Crippen molar-refractivity contribution in [1.29, 1.82) is 0 Å². The van der Waals surface area contributed by atoms with Gasteiger partial charge in [-0.1, -0.05) is 20.8 Å². The van der Waals surface area contributed by atoms with Gasteiger partial charge in [-0.05, 0) is 37.6 Å². The number of H-pyrrole nitrogens is 1. The SMILES string of the molecule is Cc1cc(=O)[nH]c(NC(=O)NCCC(C)CC(C)(C)CN)n1. The van der Waals surface area contributed by atoms with Crippen molar-refractivity contribution in [2.24, 2.45) is 17.1 Å². The summed E-state index contributed by atoms with van der Waals surface area (Å²) in [5.74, 6) is 0.621. The molecule has 1 rings (SSSR count). The number of nitrogens with two attached hydrogens (primary N) is 1. The van der Waals surface area contributed by atoms with Crippen LogP contribution in [0.1, 0.15) is 39.3 Å². The molecule has 7 nitrogen and oxygen atoms in total. The Morgan fingerprint density at radius 2 is 2.18 bits per heavy atom. The molecule has 124 valence electrons. The maximum atomic E-state index is 11.8. The van der Waals surface area contributed by atoms with Crippen LogP contribution >= 0.6 is 0 Å². The number of aromatic amines is 1. The summed E-state index contributed by atoms with van der Waals surface area (Å²) >= 11 is 0. The first-order valence-electron chi connectivity index (χ1n) is 7.55. The van der Waals surface area contributed by atoms with Crippen molar-refractivity contribution in [2.75, 3.05) is 18.4 Å². The number of rotatable bonds is 7. The van der Waals surface area contributed by atoms with Gasteiger partial charge < -0.3 is 11.1 Å². The van der Waals surface area contributed by atoms with Crippen LogP contribution in [0, 0.1) is 18.3 Å². The fourth-order valence-electron chi connectivity index (χ4n) is 2.35. The van der Waals surface area contributed by atoms with Crippen molar-refractivity contribution in [1.82, 2.24) is 15.3 Å². The van der Waals surface area contributed by atoms with Crippen molar-refractivity contribution in [3.05, 3.63) is 22.1 Å². The molecule has 0 saturated carbocycles. The molecule has 0 aliphatic heterocycles. The maximum Gasteiger partial charge on any atom is 0.321 e. The molecule has 0 aliphatic carbocycles. The van der Waals surface area contributed by atoms with Crippen LogP contribution in [0.4, 0.5) is 10.7 Å². The van der Waals surface area contributed by atoms with E-state index in [1.165, 1.54) is 6.07 Å². The molecule has 0 radical (unpaired) electrons. The lowest BCUT2D eigenvalue weighted by molar-refractivity contribution is 0.248. The molecule has 1 atom stereocenters. The van der Waals surface area contributed by atoms with Gasteiger partial charge in [-0.3, -0.25) is 15.1 Å². The third-order valence-electron chi connectivity index (χ3n) is 3.48. The van der Waals surface area contributed by atoms with Gasteiger partial charge in [0.05, 0.1) is 0 Å². The zero-order chi connectivity index (χ0) is 16.8. The molecule has 1 unspecified atom stereocenters. The van der Waals surface area contributed by atoms with Crippen molar-refractivity contribution in [3.8, 4) is 0 Å². The number of aryl methyl sites for hydroxylation is 1. The predicted octanol–water partition coefficient (Wildman–Crippen LogP) is 1.60. The number of carbonyl (C=O) groups excluding carboxylic acids is 1. The number of urea groups is 1. The Morgan fingerprint density at radius 3 is 2.77 bits per heavy atom. The minimum atomic E-state index is -0.376. The lowest BCUT2D eigenvalue weighted by Gasteiger charge is -2.26. The molecule has 0 aliphatic rings. The summed E-state index contributed by atoms with van der Waals surface area (Å²) in [4.78, 5) is 29.5. The lowest BCUT2D eigenvalue weighted by atomic mass is 9.82. The highest BCUT2D eigenvalue weighted by atomic mass is 16.2. The topological polar surface area (TPSA) is 113 Å². The van der Waals surface area contributed by atoms with E-state index in [2.05, 4.69) is 41.4 Å². The molecule has 0 spiro atoms. The molecule has 1 aromatic heterocycles. The van der Waals surface area contributed by atoms with Gasteiger partial charge in [0.25, 0.3) is 5.56 Å². The molecule has 0 fully saturated rings. The number of nitrogens with one attached hydrogen (secondary N) is 3. The van der Waals surface area contributed by atoms with Crippen LogP contribution in [-0.2, 0) is 0 Å². The van der Waals surface area contributed by atoms with Gasteiger partial charge in [-0.2, -0.15) is 0 Å². The normalized spacial score (nSPS) is 12.8. The second-order valence-electron chi connectivity index (χ2n) is 6.58. The summed E-state index contributed by atoms with van der Waals surface area (Å²) in [5.41, 5.74) is 6.11. The number of nitrogens with zero attached hydrogens (tertiary/aromatic N) is 1. The van der Waals surface area contributed by atoms with E-state index >= 15 is 0 Å². The molecule has 1 heterocycles. The number of amides is 2. The van der Waals surface area contributed by atoms with E-state index in [1.54, 1.807) is 6.92 Å². The van der Waals surface area contributed by atoms with Gasteiger partial charge in [0.2, 0.25) is 5.95 Å². The van der Waals surface area contributed by atoms with E-state index in [4.69, 9.17) is 5.73 Å². The van der Waals surface area contributed by atoms with Crippen LogP contribution < -0.4 is 21.9 Å². The van der Waals surface area contributed by atoms with Crippen molar-refractivity contribution in [3.63, 3.8) is 0 Å². The second kappa shape index (κ2) is 7.93. The summed E-state index contributed by atoms with van der Waals surface area (Å²) in [5, 5.41) is 5.28. The fraction of sp³-hybridized carbons (Fsp3) is 0.667. The van der Waals surface area contributed by atoms with Crippen LogP contribution in [0.25, 0.3) is 0 Å². The third kappa shape index (κ3) is 6.71. The van der Waals surface area contributed by atoms with Crippen LogP contribution in [0.2, 0.25) is 0 Å². The monoisotopic (exact) mass is 309 g/mol. The standard InChI is InChI=1S/C15H27N5O2/c1-10(8-15(3,4)9-16)5-6-17-14(22)20-13-18-11(2)7-12(21)19-13/h7,10H,5-6,8-9,16H2,1-4H3,(H3,17,18,19,20,21,22). The second-order valence-corrected chi connectivity index (χ2v) is 6.58. The highest BCUT2D eigenvalue weighted by Gasteiger charge is 2.19. The highest BCUT2D eigenvalue weighted by molar-refractivity contribution is 5.87. The van der Waals surface area contributed by atoms with Gasteiger partial charge in [0, 0.05) is 18.3 Å². The van der Waals surface area contributed by atoms with E-state index in [9.17, 15) is 9.59 Å². The number of anilines is 1. The minimum absolute atomic E-state index is 0.118. The summed E-state index contributed by atoms with van der Waals surface area (Å²) in [7, 11) is 0. The van der Waals surface area contributed by atoms with Crippen LogP contribution in [0.3, 0.4) is 0 Å². The molecule has 7 heteroatoms. The Balaban J connectivity index is 2.36. The van der Waals surface area contributed by atoms with E-state index in [0.717, 1.165) is 12.8 Å². The Hall–Kier alpha value is -1.89. The summed E-state index contributed by atoms with van der Waals surface area (Å²) < 4.78 is 0.